The number of nitrogens with two attached hydrogens (primary N) is 1. The van der Waals surface area contributed by atoms with Gasteiger partial charge in [0.15, 0.2) is 5.82 Å². The van der Waals surface area contributed by atoms with E-state index in [1.165, 1.54) is 12.5 Å². The Morgan fingerprint density at radius 1 is 1.18 bits per heavy atom. The number of aryl methyl sites for hydroxylation is 2. The Morgan fingerprint density at radius 2 is 1.95 bits per heavy atom. The number of piperidine rings is 1. The van der Waals surface area contributed by atoms with Gasteiger partial charge in [-0.05, 0) is 66.2 Å². The first kappa shape index (κ1) is 25.5. The summed E-state index contributed by atoms with van der Waals surface area (Å²) in [5.74, 6) is -0.225. The number of nitrogens with zero attached hydrogens (tertiary/aromatic N) is 6. The smallest absolute Gasteiger partial charge is 0.383 e. The van der Waals surface area contributed by atoms with Crippen molar-refractivity contribution in [1.29, 1.82) is 0 Å². The highest BCUT2D eigenvalue weighted by Gasteiger charge is 2.56. The third-order valence-electron chi connectivity index (χ3n) is 7.42. The first-order valence-electron chi connectivity index (χ1n) is 12.2. The third-order valence-corrected chi connectivity index (χ3v) is 8.17. The second-order valence-corrected chi connectivity index (χ2v) is 10.7. The van der Waals surface area contributed by atoms with Crippen LogP contribution in [0.1, 0.15) is 29.7 Å². The summed E-state index contributed by atoms with van der Waals surface area (Å²) in [6.45, 7) is 3.09. The average molecular weight is 603 g/mol. The van der Waals surface area contributed by atoms with Gasteiger partial charge in [0.25, 0.3) is 0 Å². The summed E-state index contributed by atoms with van der Waals surface area (Å²) >= 11 is 3.30. The van der Waals surface area contributed by atoms with Gasteiger partial charge in [0.2, 0.25) is 11.8 Å². The Balaban J connectivity index is 1.36. The summed E-state index contributed by atoms with van der Waals surface area (Å²) in [5, 5.41) is 3.21. The molecule has 0 spiro atoms. The fourth-order valence-corrected chi connectivity index (χ4v) is 5.86. The summed E-state index contributed by atoms with van der Waals surface area (Å²) in [4.78, 5) is 45.2. The second kappa shape index (κ2) is 8.86. The SMILES string of the molecule is Cc1ncc(NC(=O)[C@@H]2CC3C[C@H]3N2C(=O)Cn2c3ncnc(N)c3c3cc(C(F)(F)F)cc(C)c32)nc1Br. The van der Waals surface area contributed by atoms with E-state index >= 15 is 0 Å². The first-order valence-corrected chi connectivity index (χ1v) is 12.9. The minimum Gasteiger partial charge on any atom is -0.383 e. The van der Waals surface area contributed by atoms with Crippen molar-refractivity contribution in [2.24, 2.45) is 5.92 Å². The Morgan fingerprint density at radius 3 is 2.67 bits per heavy atom. The van der Waals surface area contributed by atoms with Crippen molar-refractivity contribution in [3.8, 4) is 0 Å². The van der Waals surface area contributed by atoms with Gasteiger partial charge in [-0.1, -0.05) is 0 Å². The van der Waals surface area contributed by atoms with E-state index in [0.717, 1.165) is 18.6 Å². The van der Waals surface area contributed by atoms with Crippen molar-refractivity contribution in [1.82, 2.24) is 29.4 Å². The largest absolute Gasteiger partial charge is 0.416 e. The number of fused-ring (bicyclic) bond motifs is 4. The molecule has 4 aromatic rings. The lowest BCUT2D eigenvalue weighted by Gasteiger charge is -2.27. The summed E-state index contributed by atoms with van der Waals surface area (Å²) in [6, 6.07) is 1.26. The third kappa shape index (κ3) is 4.26. The predicted octanol–water partition coefficient (Wildman–Crippen LogP) is 3.98. The van der Waals surface area contributed by atoms with Gasteiger partial charge in [-0.25, -0.2) is 15.0 Å². The minimum atomic E-state index is -4.57. The van der Waals surface area contributed by atoms with E-state index in [-0.39, 0.29) is 58.4 Å². The van der Waals surface area contributed by atoms with Crippen molar-refractivity contribution in [3.63, 3.8) is 0 Å². The van der Waals surface area contributed by atoms with Crippen molar-refractivity contribution >= 4 is 61.3 Å². The zero-order chi connectivity index (χ0) is 27.8. The van der Waals surface area contributed by atoms with Gasteiger partial charge in [0.05, 0.1) is 28.4 Å². The maximum Gasteiger partial charge on any atom is 0.416 e. The number of carbonyl (C=O) groups excluding carboxylic acids is 2. The predicted molar refractivity (Wildman–Crippen MR) is 139 cm³/mol. The van der Waals surface area contributed by atoms with Crippen molar-refractivity contribution in [2.45, 2.75) is 51.5 Å². The summed E-state index contributed by atoms with van der Waals surface area (Å²) in [6.07, 6.45) is -0.607. The average Bonchev–Trinajstić information content (AvgIpc) is 3.40. The number of nitrogens with one attached hydrogen (secondary N) is 1. The first-order chi connectivity index (χ1) is 18.4. The molecule has 1 unspecified atom stereocenters. The van der Waals surface area contributed by atoms with E-state index in [4.69, 9.17) is 5.73 Å². The molecule has 0 bridgehead atoms. The molecule has 4 heterocycles. The maximum absolute atomic E-state index is 13.8. The van der Waals surface area contributed by atoms with Gasteiger partial charge >= 0.3 is 6.18 Å². The molecule has 1 saturated heterocycles. The number of benzene rings is 1. The number of nitrogen functional groups attached to an aromatic ring is 1. The summed E-state index contributed by atoms with van der Waals surface area (Å²) in [5.41, 5.74) is 6.88. The molecule has 39 heavy (non-hydrogen) atoms. The van der Waals surface area contributed by atoms with Crippen LogP contribution in [0.5, 0.6) is 0 Å². The van der Waals surface area contributed by atoms with Crippen LogP contribution in [0.2, 0.25) is 0 Å². The highest BCUT2D eigenvalue weighted by molar-refractivity contribution is 9.10. The highest BCUT2D eigenvalue weighted by Crippen LogP contribution is 2.48. The molecule has 3 aromatic heterocycles. The summed E-state index contributed by atoms with van der Waals surface area (Å²) < 4.78 is 42.9. The van der Waals surface area contributed by atoms with Gasteiger partial charge in [0.1, 0.15) is 35.0 Å². The van der Waals surface area contributed by atoms with Crippen LogP contribution in [-0.4, -0.2) is 53.3 Å². The lowest BCUT2D eigenvalue weighted by Crippen LogP contribution is -2.46. The molecule has 2 fully saturated rings. The monoisotopic (exact) mass is 602 g/mol. The molecule has 202 valence electrons. The Kier molecular flexibility index (Phi) is 5.79. The van der Waals surface area contributed by atoms with Gasteiger partial charge in [0, 0.05) is 11.4 Å². The van der Waals surface area contributed by atoms with E-state index in [1.807, 2.05) is 0 Å². The van der Waals surface area contributed by atoms with Crippen LogP contribution >= 0.6 is 15.9 Å². The van der Waals surface area contributed by atoms with Gasteiger partial charge in [-0.2, -0.15) is 13.2 Å². The van der Waals surface area contributed by atoms with E-state index in [0.29, 0.717) is 27.8 Å². The quantitative estimate of drug-likeness (QED) is 0.361. The second-order valence-electron chi connectivity index (χ2n) is 9.97. The minimum absolute atomic E-state index is 0.0148. The Labute approximate surface area is 227 Å². The molecule has 3 atom stereocenters. The van der Waals surface area contributed by atoms with E-state index in [1.54, 1.807) is 23.3 Å². The van der Waals surface area contributed by atoms with Crippen LogP contribution in [-0.2, 0) is 22.3 Å². The van der Waals surface area contributed by atoms with Crippen LogP contribution in [0, 0.1) is 19.8 Å². The molecule has 2 aliphatic rings. The molecule has 14 heteroatoms. The molecular formula is C25H22BrF3N8O2. The molecule has 3 N–H and O–H groups in total. The van der Waals surface area contributed by atoms with Crippen molar-refractivity contribution in [3.05, 3.63) is 46.1 Å². The number of hydrogen-bond donors (Lipinski definition) is 2. The van der Waals surface area contributed by atoms with E-state index in [9.17, 15) is 22.8 Å². The number of halogens is 4. The van der Waals surface area contributed by atoms with Gasteiger partial charge in [-0.3, -0.25) is 14.6 Å². The fourth-order valence-electron chi connectivity index (χ4n) is 5.57. The molecule has 1 aliphatic heterocycles. The molecule has 1 aliphatic carbocycles. The lowest BCUT2D eigenvalue weighted by atomic mass is 10.1. The zero-order valence-electron chi connectivity index (χ0n) is 20.8. The number of anilines is 2. The van der Waals surface area contributed by atoms with Crippen LogP contribution in [0.15, 0.2) is 29.3 Å². The molecule has 0 radical (unpaired) electrons. The normalized spacial score (nSPS) is 20.5. The van der Waals surface area contributed by atoms with Crippen LogP contribution in [0.25, 0.3) is 21.9 Å². The van der Waals surface area contributed by atoms with Crippen molar-refractivity contribution in [2.75, 3.05) is 11.1 Å². The number of carbonyl (C=O) groups is 2. The van der Waals surface area contributed by atoms with Crippen LogP contribution in [0.4, 0.5) is 24.8 Å². The zero-order valence-corrected chi connectivity index (χ0v) is 22.3. The maximum atomic E-state index is 13.8. The molecular weight excluding hydrogens is 581 g/mol. The van der Waals surface area contributed by atoms with E-state index in [2.05, 4.69) is 41.2 Å². The summed E-state index contributed by atoms with van der Waals surface area (Å²) in [7, 11) is 0. The van der Waals surface area contributed by atoms with Crippen molar-refractivity contribution < 1.29 is 22.8 Å². The Hall–Kier alpha value is -3.81. The standard InChI is InChI=1S/C25H22BrF3N8O2/c1-10-3-13(25(27,28)29)6-14-19-22(30)32-9-33-23(19)36(20(10)14)8-18(38)37-15-4-12(15)5-16(37)24(39)35-17-7-31-11(2)21(26)34-17/h3,6-7,9,12,15-16H,4-5,8H2,1-2H3,(H2,30,32,33)(H,34,35,39)/t12?,15-,16+/m1/s1. The van der Waals surface area contributed by atoms with E-state index < -0.39 is 17.8 Å². The van der Waals surface area contributed by atoms with Gasteiger partial charge < -0.3 is 20.5 Å². The number of hydrogen-bond acceptors (Lipinski definition) is 7. The molecule has 6 rings (SSSR count). The Bertz CT molecular complexity index is 1690. The number of alkyl halides is 3. The van der Waals surface area contributed by atoms with Crippen LogP contribution in [0.3, 0.4) is 0 Å². The molecule has 2 amide bonds. The number of rotatable bonds is 4. The topological polar surface area (TPSA) is 132 Å². The number of amides is 2. The molecule has 1 aromatic carbocycles. The highest BCUT2D eigenvalue weighted by atomic mass is 79.9. The fraction of sp³-hybridized carbons (Fsp3) is 0.360. The molecule has 1 saturated carbocycles. The lowest BCUT2D eigenvalue weighted by molar-refractivity contribution is -0.138. The molecule has 10 nitrogen and oxygen atoms in total. The van der Waals surface area contributed by atoms with Gasteiger partial charge in [-0.15, -0.1) is 0 Å². The number of aromatic nitrogens is 5. The van der Waals surface area contributed by atoms with Crippen LogP contribution < -0.4 is 11.1 Å². The number of likely N-dealkylation sites (tertiary alicyclic amines) is 1.